The van der Waals surface area contributed by atoms with Gasteiger partial charge in [-0.3, -0.25) is 4.79 Å². The summed E-state index contributed by atoms with van der Waals surface area (Å²) in [4.78, 5) is 13.0. The van der Waals surface area contributed by atoms with Crippen LogP contribution in [-0.2, 0) is 16.1 Å². The van der Waals surface area contributed by atoms with E-state index < -0.39 is 0 Å². The molecule has 0 fully saturated rings. The van der Waals surface area contributed by atoms with Gasteiger partial charge in [0.2, 0.25) is 0 Å². The summed E-state index contributed by atoms with van der Waals surface area (Å²) in [5.41, 5.74) is 1.62. The Morgan fingerprint density at radius 2 is 1.70 bits per heavy atom. The summed E-state index contributed by atoms with van der Waals surface area (Å²) in [6, 6.07) is 8.08. The van der Waals surface area contributed by atoms with Crippen molar-refractivity contribution in [3.8, 4) is 0 Å². The Morgan fingerprint density at radius 3 is 2.22 bits per heavy atom. The summed E-state index contributed by atoms with van der Waals surface area (Å²) in [6.07, 6.45) is 1.02. The lowest BCUT2D eigenvalue weighted by Gasteiger charge is -2.03. The van der Waals surface area contributed by atoms with E-state index in [0.717, 1.165) is 30.8 Å². The zero-order chi connectivity index (χ0) is 16.4. The van der Waals surface area contributed by atoms with E-state index in [1.54, 1.807) is 11.7 Å². The predicted octanol–water partition coefficient (Wildman–Crippen LogP) is 4.45. The van der Waals surface area contributed by atoms with Gasteiger partial charge in [-0.1, -0.05) is 24.3 Å². The van der Waals surface area contributed by atoms with Gasteiger partial charge in [0.05, 0.1) is 22.1 Å². The van der Waals surface area contributed by atoms with Crippen LogP contribution < -0.4 is 0 Å². The number of aromatic nitrogens is 3. The molecule has 0 aliphatic heterocycles. The molecular weight excluding hydrogens is 426 g/mol. The van der Waals surface area contributed by atoms with Crippen molar-refractivity contribution in [3.63, 3.8) is 0 Å². The van der Waals surface area contributed by atoms with Crippen LogP contribution in [0.5, 0.6) is 0 Å². The van der Waals surface area contributed by atoms with Gasteiger partial charge in [0.25, 0.3) is 0 Å². The molecule has 0 bridgehead atoms. The molecule has 7 heteroatoms. The normalized spacial score (nSPS) is 11.3. The predicted molar refractivity (Wildman–Crippen MR) is 96.3 cm³/mol. The molecule has 0 saturated heterocycles. The van der Waals surface area contributed by atoms with Gasteiger partial charge >= 0.3 is 5.97 Å². The first-order chi connectivity index (χ1) is 11.1. The van der Waals surface area contributed by atoms with Crippen LogP contribution in [0.4, 0.5) is 0 Å². The molecule has 120 valence electrons. The molecule has 0 atom stereocenters. The highest BCUT2D eigenvalue weighted by Gasteiger charge is 2.15. The molecule has 0 saturated carbocycles. The Labute approximate surface area is 150 Å². The number of ether oxygens (including phenoxy) is 1. The van der Waals surface area contributed by atoms with Crippen LogP contribution in [0.25, 0.3) is 21.8 Å². The van der Waals surface area contributed by atoms with E-state index in [1.165, 1.54) is 0 Å². The molecule has 3 aromatic rings. The molecule has 0 amide bonds. The fourth-order valence-corrected chi connectivity index (χ4v) is 3.69. The minimum Gasteiger partial charge on any atom is -0.466 e. The second-order valence-electron chi connectivity index (χ2n) is 5.08. The van der Waals surface area contributed by atoms with E-state index in [9.17, 15) is 4.79 Å². The summed E-state index contributed by atoms with van der Waals surface area (Å²) >= 11 is 7.26. The van der Waals surface area contributed by atoms with Crippen molar-refractivity contribution in [1.82, 2.24) is 15.0 Å². The molecule has 0 radical (unpaired) electrons. The van der Waals surface area contributed by atoms with Crippen molar-refractivity contribution in [2.45, 2.75) is 26.3 Å². The largest absolute Gasteiger partial charge is 0.466 e. The molecule has 1 aromatic heterocycles. The van der Waals surface area contributed by atoms with E-state index in [1.807, 2.05) is 24.3 Å². The van der Waals surface area contributed by atoms with Gasteiger partial charge < -0.3 is 4.74 Å². The van der Waals surface area contributed by atoms with Crippen molar-refractivity contribution in [2.75, 3.05) is 6.61 Å². The van der Waals surface area contributed by atoms with Gasteiger partial charge in [0, 0.05) is 6.42 Å². The average Bonchev–Trinajstić information content (AvgIpc) is 2.97. The van der Waals surface area contributed by atoms with Crippen molar-refractivity contribution < 1.29 is 9.53 Å². The van der Waals surface area contributed by atoms with Crippen molar-refractivity contribution in [2.24, 2.45) is 0 Å². The number of benzene rings is 2. The minimum absolute atomic E-state index is 0.183. The third-order valence-electron chi connectivity index (χ3n) is 3.52. The molecule has 3 rings (SSSR count). The van der Waals surface area contributed by atoms with Crippen molar-refractivity contribution in [3.05, 3.63) is 33.2 Å². The third-order valence-corrected chi connectivity index (χ3v) is 5.12. The number of aryl methyl sites for hydroxylation is 1. The highest BCUT2D eigenvalue weighted by molar-refractivity contribution is 9.11. The number of hydrogen-bond donors (Lipinski definition) is 0. The monoisotopic (exact) mass is 439 g/mol. The number of fused-ring (bicyclic) bond motifs is 2. The maximum Gasteiger partial charge on any atom is 0.305 e. The Morgan fingerprint density at radius 1 is 1.13 bits per heavy atom. The Balaban J connectivity index is 1.90. The van der Waals surface area contributed by atoms with Gasteiger partial charge in [-0.25, -0.2) is 0 Å². The van der Waals surface area contributed by atoms with E-state index in [0.29, 0.717) is 26.0 Å². The van der Waals surface area contributed by atoms with E-state index in [4.69, 9.17) is 4.74 Å². The number of esters is 1. The molecule has 1 heterocycles. The standard InChI is InChI=1S/C16H15Br2N3O2/c1-2-23-12(22)8-5-9-21-19-15-13(17)10-6-3-4-7-11(10)14(18)16(15)20-21/h3-4,6-7H,2,5,8-9H2,1H3. The fourth-order valence-electron chi connectivity index (χ4n) is 2.46. The molecule has 5 nitrogen and oxygen atoms in total. The van der Waals surface area contributed by atoms with Crippen LogP contribution in [0.1, 0.15) is 19.8 Å². The van der Waals surface area contributed by atoms with Crippen LogP contribution in [-0.4, -0.2) is 27.6 Å². The number of halogens is 2. The molecule has 2 aromatic carbocycles. The first-order valence-corrected chi connectivity index (χ1v) is 8.96. The van der Waals surface area contributed by atoms with E-state index in [-0.39, 0.29) is 5.97 Å². The second-order valence-corrected chi connectivity index (χ2v) is 6.66. The fraction of sp³-hybridized carbons (Fsp3) is 0.312. The maximum atomic E-state index is 11.4. The Kier molecular flexibility index (Phi) is 4.96. The SMILES string of the molecule is CCOC(=O)CCCn1nc2c(Br)c3ccccc3c(Br)c2n1. The number of carbonyl (C=O) groups excluding carboxylic acids is 1. The number of nitrogens with zero attached hydrogens (tertiary/aromatic N) is 3. The molecule has 0 unspecified atom stereocenters. The quantitative estimate of drug-likeness (QED) is 0.550. The number of carbonyl (C=O) groups is 1. The third kappa shape index (κ3) is 3.26. The highest BCUT2D eigenvalue weighted by Crippen LogP contribution is 2.37. The zero-order valence-corrected chi connectivity index (χ0v) is 15.7. The lowest BCUT2D eigenvalue weighted by Crippen LogP contribution is -2.08. The lowest BCUT2D eigenvalue weighted by atomic mass is 10.1. The van der Waals surface area contributed by atoms with Crippen LogP contribution in [0.3, 0.4) is 0 Å². The van der Waals surface area contributed by atoms with E-state index >= 15 is 0 Å². The Hall–Kier alpha value is -1.47. The van der Waals surface area contributed by atoms with Crippen LogP contribution in [0.15, 0.2) is 33.2 Å². The Bertz CT molecular complexity index is 818. The smallest absolute Gasteiger partial charge is 0.305 e. The summed E-state index contributed by atoms with van der Waals surface area (Å²) in [5.74, 6) is -0.183. The van der Waals surface area contributed by atoms with Crippen molar-refractivity contribution >= 4 is 59.6 Å². The van der Waals surface area contributed by atoms with Crippen LogP contribution in [0.2, 0.25) is 0 Å². The summed E-state index contributed by atoms with van der Waals surface area (Å²) in [5, 5.41) is 11.3. The van der Waals surface area contributed by atoms with Crippen LogP contribution >= 0.6 is 31.9 Å². The van der Waals surface area contributed by atoms with Gasteiger partial charge in [-0.2, -0.15) is 15.0 Å². The zero-order valence-electron chi connectivity index (χ0n) is 12.6. The average molecular weight is 441 g/mol. The minimum atomic E-state index is -0.183. The van der Waals surface area contributed by atoms with Gasteiger partial charge in [0.15, 0.2) is 0 Å². The topological polar surface area (TPSA) is 57.0 Å². The summed E-state index contributed by atoms with van der Waals surface area (Å²) in [7, 11) is 0. The molecule has 0 aliphatic rings. The lowest BCUT2D eigenvalue weighted by molar-refractivity contribution is -0.143. The summed E-state index contributed by atoms with van der Waals surface area (Å²) in [6.45, 7) is 2.79. The first-order valence-electron chi connectivity index (χ1n) is 7.38. The number of hydrogen-bond acceptors (Lipinski definition) is 4. The number of rotatable bonds is 5. The maximum absolute atomic E-state index is 11.4. The van der Waals surface area contributed by atoms with E-state index in [2.05, 4.69) is 42.1 Å². The highest BCUT2D eigenvalue weighted by atomic mass is 79.9. The molecular formula is C16H15Br2N3O2. The van der Waals surface area contributed by atoms with Gasteiger partial charge in [-0.05, 0) is 56.0 Å². The summed E-state index contributed by atoms with van der Waals surface area (Å²) < 4.78 is 6.79. The molecule has 0 aliphatic carbocycles. The van der Waals surface area contributed by atoms with Gasteiger partial charge in [-0.15, -0.1) is 0 Å². The van der Waals surface area contributed by atoms with Gasteiger partial charge in [0.1, 0.15) is 11.0 Å². The van der Waals surface area contributed by atoms with Crippen molar-refractivity contribution in [1.29, 1.82) is 0 Å². The van der Waals surface area contributed by atoms with Crippen LogP contribution in [0, 0.1) is 0 Å². The first kappa shape index (κ1) is 16.4. The molecule has 0 spiro atoms. The molecule has 0 N–H and O–H groups in total. The second kappa shape index (κ2) is 6.97. The molecule has 23 heavy (non-hydrogen) atoms.